The SMILES string of the molecule is Cc1ccc(C)c(NC(=O)[C@H](C)Oc2ccc([N+](=O)[O-])c(C)c2)c1. The average Bonchev–Trinajstić information content (AvgIpc) is 2.50. The van der Waals surface area contributed by atoms with E-state index >= 15 is 0 Å². The van der Waals surface area contributed by atoms with Crippen LogP contribution in [0.25, 0.3) is 0 Å². The number of anilines is 1. The molecule has 0 aliphatic carbocycles. The number of carbonyl (C=O) groups is 1. The molecule has 2 aromatic carbocycles. The van der Waals surface area contributed by atoms with Crippen LogP contribution < -0.4 is 10.1 Å². The van der Waals surface area contributed by atoms with Gasteiger partial charge in [0.15, 0.2) is 6.10 Å². The highest BCUT2D eigenvalue weighted by molar-refractivity contribution is 5.94. The molecule has 0 aliphatic rings. The Kier molecular flexibility index (Phi) is 5.18. The Bertz CT molecular complexity index is 787. The van der Waals surface area contributed by atoms with Crippen LogP contribution in [0.4, 0.5) is 11.4 Å². The predicted molar refractivity (Wildman–Crippen MR) is 92.5 cm³/mol. The molecule has 0 aromatic heterocycles. The monoisotopic (exact) mass is 328 g/mol. The molecule has 0 radical (unpaired) electrons. The van der Waals surface area contributed by atoms with E-state index in [1.54, 1.807) is 19.9 Å². The topological polar surface area (TPSA) is 81.5 Å². The fourth-order valence-corrected chi connectivity index (χ4v) is 2.27. The van der Waals surface area contributed by atoms with Crippen molar-refractivity contribution in [1.29, 1.82) is 0 Å². The number of nitro benzene ring substituents is 1. The summed E-state index contributed by atoms with van der Waals surface area (Å²) < 4.78 is 5.60. The quantitative estimate of drug-likeness (QED) is 0.666. The maximum absolute atomic E-state index is 12.3. The lowest BCUT2D eigenvalue weighted by molar-refractivity contribution is -0.385. The molecule has 0 heterocycles. The summed E-state index contributed by atoms with van der Waals surface area (Å²) in [5.41, 5.74) is 3.27. The van der Waals surface area contributed by atoms with E-state index in [1.165, 1.54) is 12.1 Å². The molecule has 1 atom stereocenters. The van der Waals surface area contributed by atoms with Crippen molar-refractivity contribution in [3.63, 3.8) is 0 Å². The first-order chi connectivity index (χ1) is 11.3. The van der Waals surface area contributed by atoms with Crippen molar-refractivity contribution < 1.29 is 14.5 Å². The van der Waals surface area contributed by atoms with Crippen molar-refractivity contribution in [1.82, 2.24) is 0 Å². The molecule has 2 rings (SSSR count). The number of benzene rings is 2. The lowest BCUT2D eigenvalue weighted by atomic mass is 10.1. The molecule has 1 amide bonds. The van der Waals surface area contributed by atoms with Crippen LogP contribution in [0.2, 0.25) is 0 Å². The highest BCUT2D eigenvalue weighted by Crippen LogP contribution is 2.24. The molecule has 0 unspecified atom stereocenters. The lowest BCUT2D eigenvalue weighted by Gasteiger charge is -2.16. The molecular weight excluding hydrogens is 308 g/mol. The predicted octanol–water partition coefficient (Wildman–Crippen LogP) is 3.93. The molecule has 2 aromatic rings. The highest BCUT2D eigenvalue weighted by Gasteiger charge is 2.17. The van der Waals surface area contributed by atoms with Gasteiger partial charge in [-0.25, -0.2) is 0 Å². The van der Waals surface area contributed by atoms with Gasteiger partial charge in [0.1, 0.15) is 5.75 Å². The number of carbonyl (C=O) groups excluding carboxylic acids is 1. The number of rotatable bonds is 5. The summed E-state index contributed by atoms with van der Waals surface area (Å²) in [6.45, 7) is 7.14. The molecule has 6 heteroatoms. The number of amides is 1. The van der Waals surface area contributed by atoms with Gasteiger partial charge < -0.3 is 10.1 Å². The van der Waals surface area contributed by atoms with E-state index < -0.39 is 11.0 Å². The van der Waals surface area contributed by atoms with Crippen LogP contribution in [0.5, 0.6) is 5.75 Å². The third-order valence-electron chi connectivity index (χ3n) is 3.70. The Morgan fingerprint density at radius 1 is 1.12 bits per heavy atom. The normalized spacial score (nSPS) is 11.7. The summed E-state index contributed by atoms with van der Waals surface area (Å²) >= 11 is 0. The minimum Gasteiger partial charge on any atom is -0.481 e. The van der Waals surface area contributed by atoms with E-state index in [0.717, 1.165) is 16.8 Å². The number of aryl methyl sites for hydroxylation is 3. The first-order valence-electron chi connectivity index (χ1n) is 7.57. The maximum Gasteiger partial charge on any atom is 0.272 e. The van der Waals surface area contributed by atoms with Crippen LogP contribution in [0.15, 0.2) is 36.4 Å². The van der Waals surface area contributed by atoms with Crippen molar-refractivity contribution in [3.05, 3.63) is 63.2 Å². The van der Waals surface area contributed by atoms with Crippen LogP contribution in [0.3, 0.4) is 0 Å². The Morgan fingerprint density at radius 2 is 1.83 bits per heavy atom. The van der Waals surface area contributed by atoms with Crippen molar-refractivity contribution >= 4 is 17.3 Å². The Morgan fingerprint density at radius 3 is 2.46 bits per heavy atom. The van der Waals surface area contributed by atoms with E-state index in [4.69, 9.17) is 4.74 Å². The molecular formula is C18H20N2O4. The summed E-state index contributed by atoms with van der Waals surface area (Å²) in [7, 11) is 0. The summed E-state index contributed by atoms with van der Waals surface area (Å²) in [6.07, 6.45) is -0.731. The van der Waals surface area contributed by atoms with Crippen LogP contribution in [-0.2, 0) is 4.79 Å². The maximum atomic E-state index is 12.3. The zero-order valence-corrected chi connectivity index (χ0v) is 14.1. The smallest absolute Gasteiger partial charge is 0.272 e. The zero-order chi connectivity index (χ0) is 17.9. The molecule has 126 valence electrons. The Balaban J connectivity index is 2.07. The lowest BCUT2D eigenvalue weighted by Crippen LogP contribution is -2.30. The van der Waals surface area contributed by atoms with Gasteiger partial charge in [-0.2, -0.15) is 0 Å². The van der Waals surface area contributed by atoms with Crippen LogP contribution in [0.1, 0.15) is 23.6 Å². The van der Waals surface area contributed by atoms with Crippen molar-refractivity contribution in [2.45, 2.75) is 33.8 Å². The molecule has 0 fully saturated rings. The summed E-state index contributed by atoms with van der Waals surface area (Å²) in [5, 5.41) is 13.7. The van der Waals surface area contributed by atoms with Gasteiger partial charge >= 0.3 is 0 Å². The molecule has 1 N–H and O–H groups in total. The van der Waals surface area contributed by atoms with E-state index in [0.29, 0.717) is 11.3 Å². The standard InChI is InChI=1S/C18H20N2O4/c1-11-5-6-12(2)16(9-11)19-18(21)14(4)24-15-7-8-17(20(22)23)13(3)10-15/h5-10,14H,1-4H3,(H,19,21)/t14-/m0/s1. The third kappa shape index (κ3) is 4.10. The fourth-order valence-electron chi connectivity index (χ4n) is 2.27. The minimum atomic E-state index is -0.731. The van der Waals surface area contributed by atoms with Crippen LogP contribution >= 0.6 is 0 Å². The molecule has 0 saturated heterocycles. The van der Waals surface area contributed by atoms with E-state index in [-0.39, 0.29) is 11.6 Å². The van der Waals surface area contributed by atoms with Gasteiger partial charge in [-0.05, 0) is 57.0 Å². The van der Waals surface area contributed by atoms with Gasteiger partial charge in [-0.15, -0.1) is 0 Å². The van der Waals surface area contributed by atoms with Gasteiger partial charge in [0.2, 0.25) is 0 Å². The van der Waals surface area contributed by atoms with Gasteiger partial charge in [0, 0.05) is 17.3 Å². The number of nitrogens with one attached hydrogen (secondary N) is 1. The largest absolute Gasteiger partial charge is 0.481 e. The fraction of sp³-hybridized carbons (Fsp3) is 0.278. The summed E-state index contributed by atoms with van der Waals surface area (Å²) in [4.78, 5) is 22.7. The number of ether oxygens (including phenoxy) is 1. The first-order valence-corrected chi connectivity index (χ1v) is 7.57. The van der Waals surface area contributed by atoms with Crippen LogP contribution in [-0.4, -0.2) is 16.9 Å². The van der Waals surface area contributed by atoms with Gasteiger partial charge in [0.05, 0.1) is 4.92 Å². The van der Waals surface area contributed by atoms with E-state index in [2.05, 4.69) is 5.32 Å². The van der Waals surface area contributed by atoms with E-state index in [9.17, 15) is 14.9 Å². The first kappa shape index (κ1) is 17.5. The van der Waals surface area contributed by atoms with Gasteiger partial charge in [-0.1, -0.05) is 12.1 Å². The van der Waals surface area contributed by atoms with Crippen molar-refractivity contribution in [2.75, 3.05) is 5.32 Å². The second-order valence-electron chi connectivity index (χ2n) is 5.77. The number of hydrogen-bond acceptors (Lipinski definition) is 4. The van der Waals surface area contributed by atoms with E-state index in [1.807, 2.05) is 32.0 Å². The van der Waals surface area contributed by atoms with Crippen molar-refractivity contribution in [2.24, 2.45) is 0 Å². The second kappa shape index (κ2) is 7.12. The Hall–Kier alpha value is -2.89. The number of nitrogens with zero attached hydrogens (tertiary/aromatic N) is 1. The number of nitro groups is 1. The number of hydrogen-bond donors (Lipinski definition) is 1. The molecule has 0 spiro atoms. The zero-order valence-electron chi connectivity index (χ0n) is 14.1. The third-order valence-corrected chi connectivity index (χ3v) is 3.70. The molecule has 0 bridgehead atoms. The van der Waals surface area contributed by atoms with Crippen LogP contribution in [0, 0.1) is 30.9 Å². The summed E-state index contributed by atoms with van der Waals surface area (Å²) in [6, 6.07) is 10.2. The van der Waals surface area contributed by atoms with Crippen molar-refractivity contribution in [3.8, 4) is 5.75 Å². The van der Waals surface area contributed by atoms with Gasteiger partial charge in [-0.3, -0.25) is 14.9 Å². The average molecular weight is 328 g/mol. The second-order valence-corrected chi connectivity index (χ2v) is 5.77. The highest BCUT2D eigenvalue weighted by atomic mass is 16.6. The van der Waals surface area contributed by atoms with Gasteiger partial charge in [0.25, 0.3) is 11.6 Å². The molecule has 0 saturated carbocycles. The Labute approximate surface area is 140 Å². The summed E-state index contributed by atoms with van der Waals surface area (Å²) in [5.74, 6) is 0.140. The minimum absolute atomic E-state index is 0.0230. The molecule has 0 aliphatic heterocycles. The molecule has 6 nitrogen and oxygen atoms in total. The molecule has 24 heavy (non-hydrogen) atoms.